The van der Waals surface area contributed by atoms with Crippen molar-refractivity contribution < 1.29 is 4.79 Å². The predicted molar refractivity (Wildman–Crippen MR) is 85.5 cm³/mol. The molecule has 2 aromatic rings. The molecule has 1 aromatic heterocycles. The van der Waals surface area contributed by atoms with Crippen molar-refractivity contribution in [3.63, 3.8) is 0 Å². The standard InChI is InChI=1S/C16H18ClNOS/c1-16(2,12-5-7-13(17)8-6-12)11-18-15(19)10-14-4-3-9-20-14/h3-9H,10-11H2,1-2H3,(H,18,19). The van der Waals surface area contributed by atoms with Crippen LogP contribution in [0.1, 0.15) is 24.3 Å². The molecule has 4 heteroatoms. The molecule has 106 valence electrons. The summed E-state index contributed by atoms with van der Waals surface area (Å²) in [6, 6.07) is 11.7. The van der Waals surface area contributed by atoms with Gasteiger partial charge in [-0.05, 0) is 29.1 Å². The summed E-state index contributed by atoms with van der Waals surface area (Å²) in [5, 5.41) is 5.72. The van der Waals surface area contributed by atoms with Crippen LogP contribution in [0, 0.1) is 0 Å². The summed E-state index contributed by atoms with van der Waals surface area (Å²) in [5.41, 5.74) is 1.05. The maximum Gasteiger partial charge on any atom is 0.225 e. The van der Waals surface area contributed by atoms with Gasteiger partial charge in [0.2, 0.25) is 5.91 Å². The Hall–Kier alpha value is -1.32. The van der Waals surface area contributed by atoms with E-state index in [4.69, 9.17) is 11.6 Å². The Morgan fingerprint density at radius 1 is 1.25 bits per heavy atom. The zero-order valence-corrected chi connectivity index (χ0v) is 13.2. The number of carbonyl (C=O) groups is 1. The predicted octanol–water partition coefficient (Wildman–Crippen LogP) is 4.04. The molecule has 0 radical (unpaired) electrons. The molecule has 1 amide bonds. The summed E-state index contributed by atoms with van der Waals surface area (Å²) in [6.45, 7) is 4.84. The normalized spacial score (nSPS) is 11.3. The molecule has 1 heterocycles. The maximum atomic E-state index is 11.9. The highest BCUT2D eigenvalue weighted by atomic mass is 35.5. The summed E-state index contributed by atoms with van der Waals surface area (Å²) in [4.78, 5) is 13.0. The van der Waals surface area contributed by atoms with Crippen molar-refractivity contribution in [2.75, 3.05) is 6.54 Å². The molecule has 0 aliphatic heterocycles. The minimum Gasteiger partial charge on any atom is -0.355 e. The van der Waals surface area contributed by atoms with Gasteiger partial charge in [0.15, 0.2) is 0 Å². The van der Waals surface area contributed by atoms with Gasteiger partial charge in [0.25, 0.3) is 0 Å². The first-order chi connectivity index (χ1) is 9.47. The Kier molecular flexibility index (Phi) is 4.84. The van der Waals surface area contributed by atoms with E-state index in [-0.39, 0.29) is 11.3 Å². The van der Waals surface area contributed by atoms with Crippen LogP contribution in [0.5, 0.6) is 0 Å². The number of nitrogens with one attached hydrogen (secondary N) is 1. The average molecular weight is 308 g/mol. The number of halogens is 1. The molecule has 2 rings (SSSR count). The quantitative estimate of drug-likeness (QED) is 0.887. The van der Waals surface area contributed by atoms with Crippen molar-refractivity contribution >= 4 is 28.8 Å². The summed E-state index contributed by atoms with van der Waals surface area (Å²) in [6.07, 6.45) is 0.453. The molecule has 0 atom stereocenters. The molecule has 0 saturated carbocycles. The van der Waals surface area contributed by atoms with Crippen LogP contribution in [0.4, 0.5) is 0 Å². The van der Waals surface area contributed by atoms with Crippen LogP contribution in [0.25, 0.3) is 0 Å². The van der Waals surface area contributed by atoms with Gasteiger partial charge in [0.05, 0.1) is 6.42 Å². The average Bonchev–Trinajstić information content (AvgIpc) is 2.90. The highest BCUT2D eigenvalue weighted by molar-refractivity contribution is 7.10. The van der Waals surface area contributed by atoms with E-state index >= 15 is 0 Å². The number of hydrogen-bond acceptors (Lipinski definition) is 2. The summed E-state index contributed by atoms with van der Waals surface area (Å²) < 4.78 is 0. The minimum atomic E-state index is -0.115. The van der Waals surface area contributed by atoms with Gasteiger partial charge < -0.3 is 5.32 Å². The molecular weight excluding hydrogens is 290 g/mol. The van der Waals surface area contributed by atoms with Crippen LogP contribution in [-0.2, 0) is 16.6 Å². The lowest BCUT2D eigenvalue weighted by atomic mass is 9.84. The molecule has 0 saturated heterocycles. The van der Waals surface area contributed by atoms with E-state index in [0.717, 1.165) is 9.90 Å². The largest absolute Gasteiger partial charge is 0.355 e. The topological polar surface area (TPSA) is 29.1 Å². The SMILES string of the molecule is CC(C)(CNC(=O)Cc1cccs1)c1ccc(Cl)cc1. The number of hydrogen-bond donors (Lipinski definition) is 1. The number of carbonyl (C=O) groups excluding carboxylic acids is 1. The van der Waals surface area contributed by atoms with Crippen molar-refractivity contribution in [3.8, 4) is 0 Å². The minimum absolute atomic E-state index is 0.0643. The number of benzene rings is 1. The van der Waals surface area contributed by atoms with E-state index in [0.29, 0.717) is 13.0 Å². The van der Waals surface area contributed by atoms with Crippen molar-refractivity contribution in [2.45, 2.75) is 25.7 Å². The molecular formula is C16H18ClNOS. The number of rotatable bonds is 5. The second-order valence-electron chi connectivity index (χ2n) is 5.42. The summed E-state index contributed by atoms with van der Waals surface area (Å²) in [5.74, 6) is 0.0643. The Labute approximate surface area is 128 Å². The van der Waals surface area contributed by atoms with Gasteiger partial charge in [-0.3, -0.25) is 4.79 Å². The van der Waals surface area contributed by atoms with Crippen molar-refractivity contribution in [2.24, 2.45) is 0 Å². The monoisotopic (exact) mass is 307 g/mol. The Balaban J connectivity index is 1.91. The fourth-order valence-electron chi connectivity index (χ4n) is 1.96. The molecule has 2 nitrogen and oxygen atoms in total. The zero-order valence-electron chi connectivity index (χ0n) is 11.7. The van der Waals surface area contributed by atoms with E-state index in [9.17, 15) is 4.79 Å². The van der Waals surface area contributed by atoms with Gasteiger partial charge in [-0.15, -0.1) is 11.3 Å². The molecule has 0 bridgehead atoms. The first-order valence-corrected chi connectivity index (χ1v) is 7.78. The number of amides is 1. The molecule has 0 fully saturated rings. The third kappa shape index (κ3) is 4.09. The lowest BCUT2D eigenvalue weighted by Crippen LogP contribution is -2.37. The van der Waals surface area contributed by atoms with E-state index < -0.39 is 0 Å². The molecule has 0 unspecified atom stereocenters. The molecule has 1 N–H and O–H groups in total. The van der Waals surface area contributed by atoms with Gasteiger partial charge in [-0.25, -0.2) is 0 Å². The van der Waals surface area contributed by atoms with Gasteiger partial charge in [0, 0.05) is 21.9 Å². The third-order valence-electron chi connectivity index (χ3n) is 3.27. The first-order valence-electron chi connectivity index (χ1n) is 6.52. The smallest absolute Gasteiger partial charge is 0.225 e. The molecule has 1 aromatic carbocycles. The fourth-order valence-corrected chi connectivity index (χ4v) is 2.79. The highest BCUT2D eigenvalue weighted by Gasteiger charge is 2.21. The number of thiophene rings is 1. The summed E-state index contributed by atoms with van der Waals surface area (Å²) in [7, 11) is 0. The van der Waals surface area contributed by atoms with E-state index in [1.807, 2.05) is 41.8 Å². The zero-order chi connectivity index (χ0) is 14.6. The second-order valence-corrected chi connectivity index (χ2v) is 6.89. The second kappa shape index (κ2) is 6.42. The van der Waals surface area contributed by atoms with Gasteiger partial charge in [-0.1, -0.05) is 43.6 Å². The molecule has 0 spiro atoms. The lowest BCUT2D eigenvalue weighted by Gasteiger charge is -2.25. The fraction of sp³-hybridized carbons (Fsp3) is 0.312. The van der Waals surface area contributed by atoms with E-state index in [1.54, 1.807) is 11.3 Å². The van der Waals surface area contributed by atoms with Crippen molar-refractivity contribution in [1.82, 2.24) is 5.32 Å². The van der Waals surface area contributed by atoms with Crippen molar-refractivity contribution in [3.05, 3.63) is 57.2 Å². The van der Waals surface area contributed by atoms with Crippen molar-refractivity contribution in [1.29, 1.82) is 0 Å². The van der Waals surface area contributed by atoms with Crippen LogP contribution in [0.3, 0.4) is 0 Å². The Bertz CT molecular complexity index is 561. The third-order valence-corrected chi connectivity index (χ3v) is 4.40. The molecule has 0 aliphatic rings. The lowest BCUT2D eigenvalue weighted by molar-refractivity contribution is -0.120. The van der Waals surface area contributed by atoms with E-state index in [1.165, 1.54) is 5.56 Å². The van der Waals surface area contributed by atoms with Crippen LogP contribution >= 0.6 is 22.9 Å². The molecule has 20 heavy (non-hydrogen) atoms. The van der Waals surface area contributed by atoms with Crippen LogP contribution < -0.4 is 5.32 Å². The molecule has 0 aliphatic carbocycles. The van der Waals surface area contributed by atoms with Gasteiger partial charge in [-0.2, -0.15) is 0 Å². The van der Waals surface area contributed by atoms with Crippen LogP contribution in [0.15, 0.2) is 41.8 Å². The first kappa shape index (κ1) is 15.1. The van der Waals surface area contributed by atoms with E-state index in [2.05, 4.69) is 19.2 Å². The van der Waals surface area contributed by atoms with Gasteiger partial charge in [0.1, 0.15) is 0 Å². The summed E-state index contributed by atoms with van der Waals surface area (Å²) >= 11 is 7.51. The maximum absolute atomic E-state index is 11.9. The Morgan fingerprint density at radius 2 is 1.95 bits per heavy atom. The Morgan fingerprint density at radius 3 is 2.55 bits per heavy atom. The highest BCUT2D eigenvalue weighted by Crippen LogP contribution is 2.23. The van der Waals surface area contributed by atoms with Crippen LogP contribution in [0.2, 0.25) is 5.02 Å². The van der Waals surface area contributed by atoms with Gasteiger partial charge >= 0.3 is 0 Å². The van der Waals surface area contributed by atoms with Crippen LogP contribution in [-0.4, -0.2) is 12.5 Å².